The SMILES string of the molecule is Fc1ccc(OCc2ccc(Cl)cc2)cc1F. The minimum Gasteiger partial charge on any atom is -0.489 e. The van der Waals surface area contributed by atoms with Gasteiger partial charge in [0.05, 0.1) is 0 Å². The lowest BCUT2D eigenvalue weighted by atomic mass is 10.2. The van der Waals surface area contributed by atoms with Crippen LogP contribution in [-0.4, -0.2) is 0 Å². The van der Waals surface area contributed by atoms with Crippen molar-refractivity contribution in [1.82, 2.24) is 0 Å². The number of ether oxygens (including phenoxy) is 1. The highest BCUT2D eigenvalue weighted by Crippen LogP contribution is 2.17. The van der Waals surface area contributed by atoms with Gasteiger partial charge < -0.3 is 4.74 Å². The molecule has 17 heavy (non-hydrogen) atoms. The Labute approximate surface area is 103 Å². The van der Waals surface area contributed by atoms with Gasteiger partial charge in [-0.25, -0.2) is 8.78 Å². The minimum atomic E-state index is -0.918. The van der Waals surface area contributed by atoms with Crippen LogP contribution in [0, 0.1) is 11.6 Å². The largest absolute Gasteiger partial charge is 0.489 e. The zero-order valence-electron chi connectivity index (χ0n) is 8.79. The van der Waals surface area contributed by atoms with Gasteiger partial charge in [-0.2, -0.15) is 0 Å². The zero-order valence-corrected chi connectivity index (χ0v) is 9.55. The number of halogens is 3. The van der Waals surface area contributed by atoms with Crippen LogP contribution in [0.15, 0.2) is 42.5 Å². The zero-order chi connectivity index (χ0) is 12.3. The molecule has 1 nitrogen and oxygen atoms in total. The van der Waals surface area contributed by atoms with Gasteiger partial charge in [-0.1, -0.05) is 23.7 Å². The van der Waals surface area contributed by atoms with E-state index < -0.39 is 11.6 Å². The summed E-state index contributed by atoms with van der Waals surface area (Å²) in [5.41, 5.74) is 0.902. The third-order valence-electron chi connectivity index (χ3n) is 2.21. The molecule has 0 aromatic heterocycles. The fourth-order valence-electron chi connectivity index (χ4n) is 1.31. The van der Waals surface area contributed by atoms with Crippen LogP contribution in [0.3, 0.4) is 0 Å². The fourth-order valence-corrected chi connectivity index (χ4v) is 1.44. The molecule has 0 aliphatic carbocycles. The van der Waals surface area contributed by atoms with Gasteiger partial charge in [0.2, 0.25) is 0 Å². The summed E-state index contributed by atoms with van der Waals surface area (Å²) in [5.74, 6) is -1.51. The van der Waals surface area contributed by atoms with Crippen LogP contribution in [0.1, 0.15) is 5.56 Å². The molecule has 2 aromatic rings. The lowest BCUT2D eigenvalue weighted by molar-refractivity contribution is 0.303. The van der Waals surface area contributed by atoms with Crippen molar-refractivity contribution in [1.29, 1.82) is 0 Å². The van der Waals surface area contributed by atoms with E-state index in [1.807, 2.05) is 12.1 Å². The van der Waals surface area contributed by atoms with Gasteiger partial charge in [0, 0.05) is 11.1 Å². The van der Waals surface area contributed by atoms with Gasteiger partial charge in [0.15, 0.2) is 11.6 Å². The van der Waals surface area contributed by atoms with Crippen LogP contribution >= 0.6 is 11.6 Å². The van der Waals surface area contributed by atoms with Crippen molar-refractivity contribution in [2.24, 2.45) is 0 Å². The van der Waals surface area contributed by atoms with Gasteiger partial charge in [-0.15, -0.1) is 0 Å². The predicted molar refractivity (Wildman–Crippen MR) is 62.1 cm³/mol. The highest BCUT2D eigenvalue weighted by molar-refractivity contribution is 6.30. The normalized spacial score (nSPS) is 10.3. The van der Waals surface area contributed by atoms with Gasteiger partial charge in [-0.05, 0) is 29.8 Å². The Morgan fingerprint density at radius 1 is 0.941 bits per heavy atom. The molecule has 0 aliphatic rings. The number of rotatable bonds is 3. The van der Waals surface area contributed by atoms with Crippen molar-refractivity contribution >= 4 is 11.6 Å². The molecular formula is C13H9ClF2O. The van der Waals surface area contributed by atoms with Crippen molar-refractivity contribution < 1.29 is 13.5 Å². The summed E-state index contributed by atoms with van der Waals surface area (Å²) < 4.78 is 30.9. The number of hydrogen-bond donors (Lipinski definition) is 0. The first kappa shape index (κ1) is 11.9. The molecule has 2 aromatic carbocycles. The minimum absolute atomic E-state index is 0.280. The molecule has 88 valence electrons. The molecule has 4 heteroatoms. The number of hydrogen-bond acceptors (Lipinski definition) is 1. The maximum atomic E-state index is 12.9. The molecule has 0 fully saturated rings. The lowest BCUT2D eigenvalue weighted by Gasteiger charge is -2.06. The summed E-state index contributed by atoms with van der Waals surface area (Å²) >= 11 is 5.73. The molecule has 2 rings (SSSR count). The third kappa shape index (κ3) is 3.17. The van der Waals surface area contributed by atoms with Crippen molar-refractivity contribution in [3.8, 4) is 5.75 Å². The van der Waals surface area contributed by atoms with Crippen LogP contribution in [0.5, 0.6) is 5.75 Å². The van der Waals surface area contributed by atoms with E-state index in [0.29, 0.717) is 10.8 Å². The Balaban J connectivity index is 2.02. The average molecular weight is 255 g/mol. The smallest absolute Gasteiger partial charge is 0.162 e. The highest BCUT2D eigenvalue weighted by Gasteiger charge is 2.03. The average Bonchev–Trinajstić information content (AvgIpc) is 2.33. The Morgan fingerprint density at radius 2 is 1.65 bits per heavy atom. The summed E-state index contributed by atoms with van der Waals surface area (Å²) in [4.78, 5) is 0. The summed E-state index contributed by atoms with van der Waals surface area (Å²) in [6.07, 6.45) is 0. The van der Waals surface area contributed by atoms with Crippen LogP contribution in [0.25, 0.3) is 0 Å². The van der Waals surface area contributed by atoms with Gasteiger partial charge in [0.25, 0.3) is 0 Å². The monoisotopic (exact) mass is 254 g/mol. The molecule has 0 N–H and O–H groups in total. The first-order valence-corrected chi connectivity index (χ1v) is 5.35. The molecule has 0 atom stereocenters. The second-order valence-corrected chi connectivity index (χ2v) is 3.93. The van der Waals surface area contributed by atoms with Crippen LogP contribution < -0.4 is 4.74 Å². The van der Waals surface area contributed by atoms with E-state index in [9.17, 15) is 8.78 Å². The fraction of sp³-hybridized carbons (Fsp3) is 0.0769. The lowest BCUT2D eigenvalue weighted by Crippen LogP contribution is -1.96. The first-order chi connectivity index (χ1) is 8.15. The quantitative estimate of drug-likeness (QED) is 0.798. The summed E-state index contributed by atoms with van der Waals surface area (Å²) in [6, 6.07) is 10.5. The molecule has 0 aliphatic heterocycles. The van der Waals surface area contributed by atoms with E-state index in [2.05, 4.69) is 0 Å². The van der Waals surface area contributed by atoms with Crippen molar-refractivity contribution in [3.05, 3.63) is 64.7 Å². The molecule has 0 heterocycles. The molecule has 0 spiro atoms. The Hall–Kier alpha value is -1.61. The standard InChI is InChI=1S/C13H9ClF2O/c14-10-3-1-9(2-4-10)8-17-11-5-6-12(15)13(16)7-11/h1-7H,8H2. The van der Waals surface area contributed by atoms with Crippen molar-refractivity contribution in [2.75, 3.05) is 0 Å². The van der Waals surface area contributed by atoms with Gasteiger partial charge in [-0.3, -0.25) is 0 Å². The van der Waals surface area contributed by atoms with E-state index in [1.54, 1.807) is 12.1 Å². The molecule has 0 unspecified atom stereocenters. The van der Waals surface area contributed by atoms with Crippen LogP contribution in [0.4, 0.5) is 8.78 Å². The van der Waals surface area contributed by atoms with Crippen LogP contribution in [0.2, 0.25) is 5.02 Å². The first-order valence-electron chi connectivity index (χ1n) is 4.97. The van der Waals surface area contributed by atoms with Gasteiger partial charge >= 0.3 is 0 Å². The second-order valence-electron chi connectivity index (χ2n) is 3.49. The Kier molecular flexibility index (Phi) is 3.59. The van der Waals surface area contributed by atoms with E-state index in [-0.39, 0.29) is 6.61 Å². The summed E-state index contributed by atoms with van der Waals surface area (Å²) in [7, 11) is 0. The summed E-state index contributed by atoms with van der Waals surface area (Å²) in [5, 5.41) is 0.640. The summed E-state index contributed by atoms with van der Waals surface area (Å²) in [6.45, 7) is 0.280. The Morgan fingerprint density at radius 3 is 2.29 bits per heavy atom. The topological polar surface area (TPSA) is 9.23 Å². The molecule has 0 saturated heterocycles. The molecule has 0 saturated carbocycles. The van der Waals surface area contributed by atoms with Gasteiger partial charge in [0.1, 0.15) is 12.4 Å². The Bertz CT molecular complexity index is 511. The van der Waals surface area contributed by atoms with E-state index in [0.717, 1.165) is 17.7 Å². The highest BCUT2D eigenvalue weighted by atomic mass is 35.5. The van der Waals surface area contributed by atoms with E-state index >= 15 is 0 Å². The van der Waals surface area contributed by atoms with E-state index in [1.165, 1.54) is 6.07 Å². The van der Waals surface area contributed by atoms with Crippen molar-refractivity contribution in [2.45, 2.75) is 6.61 Å². The maximum Gasteiger partial charge on any atom is 0.162 e. The van der Waals surface area contributed by atoms with Crippen LogP contribution in [-0.2, 0) is 6.61 Å². The molecule has 0 radical (unpaired) electrons. The molecule has 0 amide bonds. The van der Waals surface area contributed by atoms with E-state index in [4.69, 9.17) is 16.3 Å². The molecular weight excluding hydrogens is 246 g/mol. The molecule has 0 bridgehead atoms. The second kappa shape index (κ2) is 5.15. The van der Waals surface area contributed by atoms with Crippen molar-refractivity contribution in [3.63, 3.8) is 0 Å². The predicted octanol–water partition coefficient (Wildman–Crippen LogP) is 4.20. The maximum absolute atomic E-state index is 12.9. The third-order valence-corrected chi connectivity index (χ3v) is 2.46. The number of benzene rings is 2.